The number of halogens is 4. The third-order valence-electron chi connectivity index (χ3n) is 5.06. The summed E-state index contributed by atoms with van der Waals surface area (Å²) >= 11 is 6.23. The van der Waals surface area contributed by atoms with Gasteiger partial charge in [-0.2, -0.15) is 0 Å². The Morgan fingerprint density at radius 1 is 1.10 bits per heavy atom. The number of hydrogen-bond donors (Lipinski definition) is 0. The molecule has 0 N–H and O–H groups in total. The van der Waals surface area contributed by atoms with Gasteiger partial charge in [-0.25, -0.2) is 4.39 Å². The maximum absolute atomic E-state index is 14.4. The molecule has 164 valence electrons. The summed E-state index contributed by atoms with van der Waals surface area (Å²) in [7, 11) is 0. The molecule has 0 aromatic heterocycles. The largest absolute Gasteiger partial charge is 0.310 e. The number of anilines is 1. The molecule has 8 heteroatoms. The smallest absolute Gasteiger partial charge is 0.248 e. The van der Waals surface area contributed by atoms with Crippen LogP contribution in [0.1, 0.15) is 31.4 Å². The zero-order chi connectivity index (χ0) is 20.1. The van der Waals surface area contributed by atoms with Gasteiger partial charge < -0.3 is 9.80 Å². The van der Waals surface area contributed by atoms with E-state index in [4.69, 9.17) is 11.6 Å². The second kappa shape index (κ2) is 12.3. The SMILES string of the molecule is CCN(CC)CCCN1C(=O)CN=C(c2ccccc2F)c2cc(Cl)ccc21.Cl.Cl. The number of benzene rings is 2. The number of fused-ring (bicyclic) bond motifs is 1. The van der Waals surface area contributed by atoms with Crippen molar-refractivity contribution in [1.82, 2.24) is 4.90 Å². The highest BCUT2D eigenvalue weighted by molar-refractivity contribution is 6.32. The molecule has 3 rings (SSSR count). The van der Waals surface area contributed by atoms with E-state index in [1.807, 2.05) is 6.07 Å². The van der Waals surface area contributed by atoms with Crippen LogP contribution in [0.2, 0.25) is 5.02 Å². The van der Waals surface area contributed by atoms with Crippen LogP contribution in [-0.4, -0.2) is 49.2 Å². The molecule has 0 saturated heterocycles. The molecule has 0 bridgehead atoms. The molecule has 2 aromatic carbocycles. The first-order valence-corrected chi connectivity index (χ1v) is 10.0. The Kier molecular flexibility index (Phi) is 10.8. The highest BCUT2D eigenvalue weighted by Gasteiger charge is 2.26. The van der Waals surface area contributed by atoms with E-state index in [1.54, 1.807) is 35.2 Å². The first-order chi connectivity index (χ1) is 13.5. The quantitative estimate of drug-likeness (QED) is 0.550. The molecule has 0 aliphatic carbocycles. The number of benzodiazepines with no additional fused rings is 1. The zero-order valence-electron chi connectivity index (χ0n) is 17.1. The van der Waals surface area contributed by atoms with Crippen LogP contribution >= 0.6 is 36.4 Å². The van der Waals surface area contributed by atoms with Crippen molar-refractivity contribution < 1.29 is 9.18 Å². The van der Waals surface area contributed by atoms with Crippen molar-refractivity contribution in [2.45, 2.75) is 20.3 Å². The van der Waals surface area contributed by atoms with Gasteiger partial charge in [0.1, 0.15) is 12.4 Å². The number of hydrogen-bond acceptors (Lipinski definition) is 3. The lowest BCUT2D eigenvalue weighted by atomic mass is 9.99. The topological polar surface area (TPSA) is 35.9 Å². The molecule has 0 spiro atoms. The monoisotopic (exact) mass is 473 g/mol. The normalized spacial score (nSPS) is 13.2. The van der Waals surface area contributed by atoms with Crippen molar-refractivity contribution in [3.8, 4) is 0 Å². The van der Waals surface area contributed by atoms with Gasteiger partial charge >= 0.3 is 0 Å². The maximum atomic E-state index is 14.4. The van der Waals surface area contributed by atoms with Crippen LogP contribution in [0.3, 0.4) is 0 Å². The number of carbonyl (C=O) groups is 1. The van der Waals surface area contributed by atoms with E-state index < -0.39 is 0 Å². The van der Waals surface area contributed by atoms with Gasteiger partial charge in [-0.05, 0) is 56.4 Å². The number of nitrogens with zero attached hydrogens (tertiary/aromatic N) is 3. The summed E-state index contributed by atoms with van der Waals surface area (Å²) < 4.78 is 14.4. The van der Waals surface area contributed by atoms with Gasteiger partial charge in [-0.1, -0.05) is 37.6 Å². The lowest BCUT2D eigenvalue weighted by Crippen LogP contribution is -2.35. The minimum absolute atomic E-state index is 0. The summed E-state index contributed by atoms with van der Waals surface area (Å²) in [6.07, 6.45) is 0.852. The second-order valence-electron chi connectivity index (χ2n) is 6.73. The van der Waals surface area contributed by atoms with E-state index in [2.05, 4.69) is 23.7 Å². The fourth-order valence-corrected chi connectivity index (χ4v) is 3.68. The van der Waals surface area contributed by atoms with Crippen molar-refractivity contribution in [3.63, 3.8) is 0 Å². The predicted molar refractivity (Wildman–Crippen MR) is 128 cm³/mol. The van der Waals surface area contributed by atoms with Crippen molar-refractivity contribution in [3.05, 3.63) is 64.4 Å². The fraction of sp³-hybridized carbons (Fsp3) is 0.364. The second-order valence-corrected chi connectivity index (χ2v) is 7.17. The Morgan fingerprint density at radius 3 is 2.47 bits per heavy atom. The standard InChI is InChI=1S/C22H25ClFN3O.2ClH/c1-3-26(4-2)12-7-13-27-20-11-10-16(23)14-18(20)22(25-15-21(27)28)17-8-5-6-9-19(17)24;;/h5-6,8-11,14H,3-4,7,12-13,15H2,1-2H3;2*1H. The molecule has 2 aromatic rings. The average Bonchev–Trinajstić information content (AvgIpc) is 2.82. The lowest BCUT2D eigenvalue weighted by Gasteiger charge is -2.25. The zero-order valence-corrected chi connectivity index (χ0v) is 19.5. The van der Waals surface area contributed by atoms with Gasteiger partial charge in [0.25, 0.3) is 0 Å². The van der Waals surface area contributed by atoms with E-state index in [9.17, 15) is 9.18 Å². The third kappa shape index (κ3) is 5.94. The van der Waals surface area contributed by atoms with Gasteiger partial charge in [0.15, 0.2) is 0 Å². The van der Waals surface area contributed by atoms with Crippen LogP contribution in [0.15, 0.2) is 47.5 Å². The lowest BCUT2D eigenvalue weighted by molar-refractivity contribution is -0.117. The maximum Gasteiger partial charge on any atom is 0.248 e. The molecule has 4 nitrogen and oxygen atoms in total. The Labute approximate surface area is 194 Å². The first kappa shape index (κ1) is 26.4. The van der Waals surface area contributed by atoms with Crippen molar-refractivity contribution in [1.29, 1.82) is 0 Å². The molecule has 0 radical (unpaired) electrons. The van der Waals surface area contributed by atoms with Crippen LogP contribution in [0.25, 0.3) is 0 Å². The minimum atomic E-state index is -0.366. The Hall–Kier alpha value is -1.66. The summed E-state index contributed by atoms with van der Waals surface area (Å²) in [5, 5.41) is 0.528. The molecule has 0 saturated carbocycles. The van der Waals surface area contributed by atoms with Gasteiger partial charge in [-0.15, -0.1) is 24.8 Å². The number of amides is 1. The van der Waals surface area contributed by atoms with Crippen molar-refractivity contribution in [2.75, 3.05) is 37.6 Å². The Balaban J connectivity index is 0.00000225. The van der Waals surface area contributed by atoms with E-state index in [0.717, 1.165) is 31.7 Å². The van der Waals surface area contributed by atoms with Crippen LogP contribution < -0.4 is 4.90 Å². The van der Waals surface area contributed by atoms with E-state index in [0.29, 0.717) is 28.4 Å². The summed E-state index contributed by atoms with van der Waals surface area (Å²) in [5.74, 6) is -0.455. The summed E-state index contributed by atoms with van der Waals surface area (Å²) in [4.78, 5) is 21.4. The number of aliphatic imine (C=N–C) groups is 1. The minimum Gasteiger partial charge on any atom is -0.310 e. The Morgan fingerprint density at radius 2 is 1.80 bits per heavy atom. The number of rotatable bonds is 7. The van der Waals surface area contributed by atoms with Gasteiger partial charge in [-0.3, -0.25) is 9.79 Å². The Bertz CT molecular complexity index is 888. The molecule has 0 atom stereocenters. The van der Waals surface area contributed by atoms with Gasteiger partial charge in [0, 0.05) is 22.7 Å². The molecule has 1 amide bonds. The molecule has 0 unspecified atom stereocenters. The van der Waals surface area contributed by atoms with Gasteiger partial charge in [0.2, 0.25) is 5.91 Å². The summed E-state index contributed by atoms with van der Waals surface area (Å²) in [6.45, 7) is 7.72. The summed E-state index contributed by atoms with van der Waals surface area (Å²) in [5.41, 5.74) is 2.26. The van der Waals surface area contributed by atoms with Crippen LogP contribution in [-0.2, 0) is 4.79 Å². The molecule has 0 fully saturated rings. The predicted octanol–water partition coefficient (Wildman–Crippen LogP) is 5.24. The third-order valence-corrected chi connectivity index (χ3v) is 5.29. The number of carbonyl (C=O) groups excluding carboxylic acids is 1. The molecular formula is C22H27Cl3FN3O. The summed E-state index contributed by atoms with van der Waals surface area (Å²) in [6, 6.07) is 11.8. The highest BCUT2D eigenvalue weighted by atomic mass is 35.5. The van der Waals surface area contributed by atoms with Crippen LogP contribution in [0.4, 0.5) is 10.1 Å². The van der Waals surface area contributed by atoms with Crippen LogP contribution in [0, 0.1) is 5.82 Å². The average molecular weight is 475 g/mol. The molecule has 30 heavy (non-hydrogen) atoms. The molecular weight excluding hydrogens is 448 g/mol. The van der Waals surface area contributed by atoms with Crippen molar-refractivity contribution in [2.24, 2.45) is 4.99 Å². The van der Waals surface area contributed by atoms with Gasteiger partial charge in [0.05, 0.1) is 11.4 Å². The molecule has 1 aliphatic rings. The van der Waals surface area contributed by atoms with E-state index in [-0.39, 0.29) is 43.1 Å². The first-order valence-electron chi connectivity index (χ1n) is 9.67. The van der Waals surface area contributed by atoms with E-state index in [1.165, 1.54) is 6.07 Å². The molecule has 1 aliphatic heterocycles. The van der Waals surface area contributed by atoms with Crippen LogP contribution in [0.5, 0.6) is 0 Å². The molecule has 1 heterocycles. The van der Waals surface area contributed by atoms with Crippen molar-refractivity contribution >= 4 is 53.7 Å². The fourth-order valence-electron chi connectivity index (χ4n) is 3.51. The highest BCUT2D eigenvalue weighted by Crippen LogP contribution is 2.30. The van der Waals surface area contributed by atoms with E-state index >= 15 is 0 Å².